The SMILES string of the molecule is ClI.[Ag].[Cl][Ag]. The van der Waals surface area contributed by atoms with Crippen LogP contribution < -0.4 is 0 Å². The molecule has 0 heterocycles. The zero-order chi connectivity index (χ0) is 4.00. The van der Waals surface area contributed by atoms with Gasteiger partial charge in [0.05, 0.1) is 0 Å². The maximum absolute atomic E-state index is 4.61. The van der Waals surface area contributed by atoms with Crippen molar-refractivity contribution in [2.45, 2.75) is 0 Å². The van der Waals surface area contributed by atoms with E-state index in [1.54, 1.807) is 21.5 Å². The molecule has 0 aromatic heterocycles. The first-order chi connectivity index (χ1) is 2.00. The standard InChI is InChI=1S/2Ag.ClI.ClH/c;;1-2;/h;;;1H/q;+1;;/p-1. The van der Waals surface area contributed by atoms with Crippen molar-refractivity contribution in [2.24, 2.45) is 0 Å². The van der Waals surface area contributed by atoms with Crippen LogP contribution in [0, 0.1) is 0 Å². The Morgan fingerprint density at radius 3 is 1.20 bits per heavy atom. The number of hydrogen-bond donors (Lipinski definition) is 0. The van der Waals surface area contributed by atoms with Crippen molar-refractivity contribution in [1.29, 1.82) is 0 Å². The van der Waals surface area contributed by atoms with Crippen LogP contribution in [0.3, 0.4) is 0 Å². The summed E-state index contributed by atoms with van der Waals surface area (Å²) in [6.07, 6.45) is 0. The third-order valence-corrected chi connectivity index (χ3v) is 0. The molecule has 5 heavy (non-hydrogen) atoms. The zero-order valence-electron chi connectivity index (χ0n) is 1.74. The van der Waals surface area contributed by atoms with E-state index in [4.69, 9.17) is 0 Å². The van der Waals surface area contributed by atoms with Crippen molar-refractivity contribution in [3.05, 3.63) is 0 Å². The van der Waals surface area contributed by atoms with Crippen LogP contribution in [0.15, 0.2) is 0 Å². The second-order valence-electron chi connectivity index (χ2n) is 0. The van der Waals surface area contributed by atoms with Crippen LogP contribution in [0.2, 0.25) is 0 Å². The molecule has 0 nitrogen and oxygen atoms in total. The number of hydrogen-bond acceptors (Lipinski definition) is 0. The summed E-state index contributed by atoms with van der Waals surface area (Å²) in [6, 6.07) is 0. The van der Waals surface area contributed by atoms with Gasteiger partial charge in [0.1, 0.15) is 0 Å². The first-order valence-electron chi connectivity index (χ1n) is 0.257. The van der Waals surface area contributed by atoms with E-state index in [9.17, 15) is 0 Å². The Hall–Kier alpha value is 2.79. The van der Waals surface area contributed by atoms with Crippen molar-refractivity contribution < 1.29 is 42.4 Å². The fourth-order valence-electron chi connectivity index (χ4n) is 0. The fourth-order valence-corrected chi connectivity index (χ4v) is 0. The average Bonchev–Trinajstić information content (AvgIpc) is 1.50. The summed E-state index contributed by atoms with van der Waals surface area (Å²) in [5, 5.41) is 0. The molecule has 0 aliphatic carbocycles. The summed E-state index contributed by atoms with van der Waals surface area (Å²) in [4.78, 5) is 0. The van der Waals surface area contributed by atoms with Gasteiger partial charge in [-0.15, -0.1) is 0 Å². The van der Waals surface area contributed by atoms with Gasteiger partial charge in [-0.25, -0.2) is 0 Å². The van der Waals surface area contributed by atoms with E-state index in [0.717, 1.165) is 0 Å². The Morgan fingerprint density at radius 1 is 1.20 bits per heavy atom. The van der Waals surface area contributed by atoms with Gasteiger partial charge >= 0.3 is 29.2 Å². The summed E-state index contributed by atoms with van der Waals surface area (Å²) in [7, 11) is 9.06. The monoisotopic (exact) mass is 411 g/mol. The van der Waals surface area contributed by atoms with Gasteiger partial charge in [0.15, 0.2) is 0 Å². The molecular formula is Ag2Cl2I. The van der Waals surface area contributed by atoms with Gasteiger partial charge in [-0.2, -0.15) is 0 Å². The van der Waals surface area contributed by atoms with E-state index in [1.807, 2.05) is 0 Å². The molecule has 0 rings (SSSR count). The number of rotatable bonds is 0. The topological polar surface area (TPSA) is 0 Å². The van der Waals surface area contributed by atoms with E-state index in [2.05, 4.69) is 38.1 Å². The minimum atomic E-state index is 0. The molecule has 0 aliphatic heterocycles. The van der Waals surface area contributed by atoms with Gasteiger partial charge in [-0.3, -0.25) is 0 Å². The predicted molar refractivity (Wildman–Crippen MR) is 25.7 cm³/mol. The molecule has 43 valence electrons. The molecule has 0 aromatic rings. The molecule has 0 amide bonds. The van der Waals surface area contributed by atoms with Crippen molar-refractivity contribution in [3.8, 4) is 0 Å². The number of halogens is 3. The second kappa shape index (κ2) is 29.2. The van der Waals surface area contributed by atoms with Crippen molar-refractivity contribution in [3.63, 3.8) is 0 Å². The van der Waals surface area contributed by atoms with Crippen LogP contribution >= 0.6 is 39.6 Å². The molecule has 0 N–H and O–H groups in total. The van der Waals surface area contributed by atoms with Crippen molar-refractivity contribution in [2.75, 3.05) is 0 Å². The molecule has 1 radical (unpaired) electrons. The Kier molecular flexibility index (Phi) is 91.5. The molecular weight excluding hydrogens is 414 g/mol. The summed E-state index contributed by atoms with van der Waals surface area (Å²) >= 11 is 4.04. The quantitative estimate of drug-likeness (QED) is 0.422. The van der Waals surface area contributed by atoms with Gasteiger partial charge in [0, 0.05) is 43.8 Å². The average molecular weight is 414 g/mol. The van der Waals surface area contributed by atoms with E-state index >= 15 is 0 Å². The summed E-state index contributed by atoms with van der Waals surface area (Å²) in [5.41, 5.74) is 0. The fraction of sp³-hybridized carbons (Fsp3) is 0. The Labute approximate surface area is 80.5 Å². The van der Waals surface area contributed by atoms with E-state index in [0.29, 0.717) is 0 Å². The van der Waals surface area contributed by atoms with Crippen LogP contribution in [0.5, 0.6) is 0 Å². The first kappa shape index (κ1) is 15.7. The van der Waals surface area contributed by atoms with Gasteiger partial charge in [0.25, 0.3) is 0 Å². The van der Waals surface area contributed by atoms with Crippen LogP contribution in [0.1, 0.15) is 0 Å². The van der Waals surface area contributed by atoms with E-state index in [-0.39, 0.29) is 22.4 Å². The molecule has 0 bridgehead atoms. The van der Waals surface area contributed by atoms with Crippen LogP contribution in [-0.4, -0.2) is 0 Å². The molecule has 0 saturated carbocycles. The van der Waals surface area contributed by atoms with E-state index in [1.165, 1.54) is 0 Å². The zero-order valence-corrected chi connectivity index (χ0v) is 8.37. The Balaban J connectivity index is -0.0000000133. The molecule has 0 unspecified atom stereocenters. The third kappa shape index (κ3) is 20.0. The van der Waals surface area contributed by atoms with Gasteiger partial charge < -0.3 is 0 Å². The molecule has 0 aliphatic rings. The van der Waals surface area contributed by atoms with Gasteiger partial charge in [0.2, 0.25) is 0 Å². The maximum atomic E-state index is 4.61. The predicted octanol–water partition coefficient (Wildman–Crippen LogP) is 2.26. The Bertz CT molecular complexity index is 7.61. The summed E-state index contributed by atoms with van der Waals surface area (Å²) in [5.74, 6) is 0. The first-order valence-corrected chi connectivity index (χ1v) is 4.90. The molecule has 5 heteroatoms. The van der Waals surface area contributed by atoms with E-state index < -0.39 is 0 Å². The Morgan fingerprint density at radius 2 is 1.20 bits per heavy atom. The molecule has 0 fully saturated rings. The van der Waals surface area contributed by atoms with Crippen LogP contribution in [-0.2, 0) is 42.4 Å². The van der Waals surface area contributed by atoms with Gasteiger partial charge in [-0.1, -0.05) is 0 Å². The summed E-state index contributed by atoms with van der Waals surface area (Å²) < 4.78 is 0. The normalized spacial score (nSPS) is 2.60. The van der Waals surface area contributed by atoms with Crippen LogP contribution in [0.4, 0.5) is 0 Å². The van der Waals surface area contributed by atoms with Crippen LogP contribution in [0.25, 0.3) is 0 Å². The molecule has 0 aromatic carbocycles. The van der Waals surface area contributed by atoms with Crippen molar-refractivity contribution in [1.82, 2.24) is 0 Å². The minimum absolute atomic E-state index is 0. The summed E-state index contributed by atoms with van der Waals surface area (Å²) in [6.45, 7) is 0. The second-order valence-corrected chi connectivity index (χ2v) is 0. The van der Waals surface area contributed by atoms with Crippen molar-refractivity contribution >= 4 is 39.6 Å². The molecule has 0 atom stereocenters. The third-order valence-electron chi connectivity index (χ3n) is 0. The van der Waals surface area contributed by atoms with Gasteiger partial charge in [-0.05, 0) is 8.91 Å². The molecule has 0 saturated heterocycles. The molecule has 0 spiro atoms.